The Balaban J connectivity index is 2.03. The topological polar surface area (TPSA) is 18.5 Å². The molecule has 0 aliphatic rings. The van der Waals surface area contributed by atoms with Crippen molar-refractivity contribution in [3.63, 3.8) is 0 Å². The molecule has 130 valence electrons. The van der Waals surface area contributed by atoms with E-state index >= 15 is 0 Å². The summed E-state index contributed by atoms with van der Waals surface area (Å²) in [6.45, 7) is 11.9. The van der Waals surface area contributed by atoms with Crippen molar-refractivity contribution in [3.8, 4) is 0 Å². The zero-order chi connectivity index (χ0) is 17.6. The third-order valence-corrected chi connectivity index (χ3v) is 9.58. The highest BCUT2D eigenvalue weighted by molar-refractivity contribution is 6.75. The monoisotopic (exact) mass is 342 g/mol. The summed E-state index contributed by atoms with van der Waals surface area (Å²) < 4.78 is 12.7. The summed E-state index contributed by atoms with van der Waals surface area (Å²) in [5.41, 5.74) is 2.43. The van der Waals surface area contributed by atoms with Crippen LogP contribution in [0.1, 0.15) is 44.9 Å². The fraction of sp³-hybridized carbons (Fsp3) is 0.429. The van der Waals surface area contributed by atoms with Gasteiger partial charge in [-0.1, -0.05) is 81.4 Å². The lowest BCUT2D eigenvalue weighted by atomic mass is 10.1. The van der Waals surface area contributed by atoms with Crippen molar-refractivity contribution >= 4 is 8.32 Å². The summed E-state index contributed by atoms with van der Waals surface area (Å²) in [6.07, 6.45) is 0.783. The first-order valence-corrected chi connectivity index (χ1v) is 11.3. The zero-order valence-corrected chi connectivity index (χ0v) is 16.6. The van der Waals surface area contributed by atoms with Gasteiger partial charge >= 0.3 is 0 Å². The largest absolute Gasteiger partial charge is 0.408 e. The lowest BCUT2D eigenvalue weighted by Gasteiger charge is -2.41. The Kier molecular flexibility index (Phi) is 6.38. The number of hydrogen-bond donors (Lipinski definition) is 0. The minimum atomic E-state index is -2.07. The molecule has 0 N–H and O–H groups in total. The maximum atomic E-state index is 6.64. The Morgan fingerprint density at radius 1 is 0.917 bits per heavy atom. The van der Waals surface area contributed by atoms with Gasteiger partial charge in [0, 0.05) is 0 Å². The molecule has 0 aliphatic carbocycles. The molecule has 2 aromatic rings. The molecule has 0 bridgehead atoms. The normalized spacial score (nSPS) is 15.7. The van der Waals surface area contributed by atoms with Gasteiger partial charge in [0.25, 0.3) is 0 Å². The van der Waals surface area contributed by atoms with Crippen LogP contribution in [0.4, 0.5) is 0 Å². The van der Waals surface area contributed by atoms with Crippen molar-refractivity contribution in [1.29, 1.82) is 0 Å². The highest BCUT2D eigenvalue weighted by atomic mass is 28.4. The summed E-state index contributed by atoms with van der Waals surface area (Å²) in [6, 6.07) is 20.8. The van der Waals surface area contributed by atoms with Crippen LogP contribution < -0.4 is 0 Å². The molecule has 0 saturated heterocycles. The molecule has 0 saturated carbocycles. The van der Waals surface area contributed by atoms with Crippen LogP contribution in [0.5, 0.6) is 0 Å². The standard InChI is InChI=1S/C21H30O2Si/c1-18(20-14-10-7-11-15-20)23-24(5,21(2,3)4)17-22-16-19-12-8-6-9-13-19/h6-15,18H,16-17H2,1-5H3/t18-,24+/m1/s1. The molecule has 3 heteroatoms. The van der Waals surface area contributed by atoms with Crippen LogP contribution in [0.15, 0.2) is 60.7 Å². The predicted molar refractivity (Wildman–Crippen MR) is 103 cm³/mol. The van der Waals surface area contributed by atoms with Gasteiger partial charge in [-0.3, -0.25) is 0 Å². The Morgan fingerprint density at radius 2 is 1.46 bits per heavy atom. The average Bonchev–Trinajstić information content (AvgIpc) is 2.55. The van der Waals surface area contributed by atoms with E-state index in [2.05, 4.69) is 70.6 Å². The molecule has 0 heterocycles. The van der Waals surface area contributed by atoms with E-state index < -0.39 is 8.32 Å². The van der Waals surface area contributed by atoms with Gasteiger partial charge in [-0.25, -0.2) is 0 Å². The van der Waals surface area contributed by atoms with Crippen LogP contribution >= 0.6 is 0 Å². The van der Waals surface area contributed by atoms with Crippen LogP contribution in [0.2, 0.25) is 11.6 Å². The molecule has 0 spiro atoms. The highest BCUT2D eigenvalue weighted by Crippen LogP contribution is 2.40. The molecule has 0 aliphatic heterocycles. The fourth-order valence-corrected chi connectivity index (χ4v) is 4.81. The minimum absolute atomic E-state index is 0.0856. The van der Waals surface area contributed by atoms with E-state index in [1.807, 2.05) is 24.3 Å². The first-order chi connectivity index (χ1) is 11.3. The van der Waals surface area contributed by atoms with Crippen molar-refractivity contribution < 1.29 is 9.16 Å². The maximum absolute atomic E-state index is 6.64. The van der Waals surface area contributed by atoms with Gasteiger partial charge in [-0.15, -0.1) is 0 Å². The number of benzene rings is 2. The molecular formula is C21H30O2Si. The predicted octanol–water partition coefficient (Wildman–Crippen LogP) is 5.90. The van der Waals surface area contributed by atoms with E-state index in [1.165, 1.54) is 11.1 Å². The van der Waals surface area contributed by atoms with Gasteiger partial charge in [-0.2, -0.15) is 0 Å². The number of hydrogen-bond acceptors (Lipinski definition) is 2. The van der Waals surface area contributed by atoms with Gasteiger partial charge in [0.15, 0.2) is 0 Å². The van der Waals surface area contributed by atoms with Gasteiger partial charge < -0.3 is 9.16 Å². The molecule has 0 aromatic heterocycles. The molecule has 2 rings (SSSR count). The first kappa shape index (κ1) is 18.9. The molecule has 0 radical (unpaired) electrons. The van der Waals surface area contributed by atoms with E-state index in [9.17, 15) is 0 Å². The van der Waals surface area contributed by atoms with Crippen LogP contribution in [0.25, 0.3) is 0 Å². The van der Waals surface area contributed by atoms with Crippen LogP contribution in [-0.4, -0.2) is 14.5 Å². The van der Waals surface area contributed by atoms with Crippen LogP contribution in [0.3, 0.4) is 0 Å². The lowest BCUT2D eigenvalue weighted by molar-refractivity contribution is 0.118. The Labute approximate surface area is 148 Å². The lowest BCUT2D eigenvalue weighted by Crippen LogP contribution is -2.49. The second-order valence-electron chi connectivity index (χ2n) is 7.63. The van der Waals surface area contributed by atoms with Crippen molar-refractivity contribution in [2.24, 2.45) is 0 Å². The molecule has 24 heavy (non-hydrogen) atoms. The second-order valence-corrected chi connectivity index (χ2v) is 12.1. The molecular weight excluding hydrogens is 312 g/mol. The van der Waals surface area contributed by atoms with Gasteiger partial charge in [0.2, 0.25) is 8.32 Å². The average molecular weight is 343 g/mol. The van der Waals surface area contributed by atoms with Gasteiger partial charge in [0.1, 0.15) is 0 Å². The van der Waals surface area contributed by atoms with E-state index in [4.69, 9.17) is 9.16 Å². The van der Waals surface area contributed by atoms with Gasteiger partial charge in [0.05, 0.1) is 18.9 Å². The molecule has 2 atom stereocenters. The molecule has 0 fully saturated rings. The van der Waals surface area contributed by atoms with E-state index in [-0.39, 0.29) is 11.1 Å². The first-order valence-electron chi connectivity index (χ1n) is 8.66. The summed E-state index contributed by atoms with van der Waals surface area (Å²) in [5.74, 6) is 0. The maximum Gasteiger partial charge on any atom is 0.221 e. The molecule has 0 amide bonds. The Hall–Kier alpha value is -1.42. The van der Waals surface area contributed by atoms with Gasteiger partial charge in [-0.05, 0) is 29.6 Å². The van der Waals surface area contributed by atoms with Crippen molar-refractivity contribution in [2.45, 2.75) is 52.0 Å². The fourth-order valence-electron chi connectivity index (χ4n) is 2.55. The quantitative estimate of drug-likeness (QED) is 0.584. The van der Waals surface area contributed by atoms with Crippen molar-refractivity contribution in [3.05, 3.63) is 71.8 Å². The SMILES string of the molecule is C[C@@H](O[Si@@](C)(COCc1ccccc1)C(C)(C)C)c1ccccc1. The highest BCUT2D eigenvalue weighted by Gasteiger charge is 2.43. The summed E-state index contributed by atoms with van der Waals surface area (Å²) in [4.78, 5) is 0. The molecule has 0 unspecified atom stereocenters. The van der Waals surface area contributed by atoms with Crippen molar-refractivity contribution in [1.82, 2.24) is 0 Å². The summed E-state index contributed by atoms with van der Waals surface area (Å²) >= 11 is 0. The third-order valence-electron chi connectivity index (χ3n) is 4.78. The van der Waals surface area contributed by atoms with E-state index in [0.29, 0.717) is 12.8 Å². The smallest absolute Gasteiger partial charge is 0.221 e. The number of ether oxygens (including phenoxy) is 1. The van der Waals surface area contributed by atoms with E-state index in [0.717, 1.165) is 0 Å². The molecule has 2 nitrogen and oxygen atoms in total. The van der Waals surface area contributed by atoms with Crippen molar-refractivity contribution in [2.75, 3.05) is 6.23 Å². The Morgan fingerprint density at radius 3 is 2.00 bits per heavy atom. The zero-order valence-electron chi connectivity index (χ0n) is 15.6. The minimum Gasteiger partial charge on any atom is -0.408 e. The molecule has 2 aromatic carbocycles. The third kappa shape index (κ3) is 5.03. The summed E-state index contributed by atoms with van der Waals surface area (Å²) in [7, 11) is -2.07. The van der Waals surface area contributed by atoms with Crippen LogP contribution in [-0.2, 0) is 15.8 Å². The summed E-state index contributed by atoms with van der Waals surface area (Å²) in [5, 5.41) is 0.104. The van der Waals surface area contributed by atoms with Crippen LogP contribution in [0, 0.1) is 0 Å². The van der Waals surface area contributed by atoms with E-state index in [1.54, 1.807) is 0 Å². The second kappa shape index (κ2) is 8.10. The Bertz CT molecular complexity index is 607. The number of rotatable bonds is 7.